The summed E-state index contributed by atoms with van der Waals surface area (Å²) < 4.78 is 0. The van der Waals surface area contributed by atoms with Crippen molar-refractivity contribution in [2.24, 2.45) is 16.0 Å². The van der Waals surface area contributed by atoms with Gasteiger partial charge < -0.3 is 4.84 Å². The number of carbonyl (C=O) groups excluding carboxylic acids is 1. The molecular formula is C34H35NO2. The highest BCUT2D eigenvalue weighted by Gasteiger charge is 2.52. The standard InChI is InChI=1S/C34H35NO2/c1-32(2,3)27-21-34(22-28(31(27)36)33(4,5)6)29(25-15-11-8-12-16-25)30(35-37-34)26-19-17-24(18-20-26)23-13-9-7-10-14-23/h7-22,29H,1-6H3. The second-order valence-corrected chi connectivity index (χ2v) is 12.2. The van der Waals surface area contributed by atoms with Gasteiger partial charge in [-0.2, -0.15) is 0 Å². The first-order valence-electron chi connectivity index (χ1n) is 13.0. The van der Waals surface area contributed by atoms with E-state index in [0.29, 0.717) is 0 Å². The number of nitrogens with zero attached hydrogens (tertiary/aromatic N) is 1. The third-order valence-electron chi connectivity index (χ3n) is 7.29. The van der Waals surface area contributed by atoms with Crippen LogP contribution in [-0.2, 0) is 9.63 Å². The summed E-state index contributed by atoms with van der Waals surface area (Å²) in [6.07, 6.45) is 4.08. The van der Waals surface area contributed by atoms with E-state index in [0.717, 1.165) is 33.5 Å². The fourth-order valence-electron chi connectivity index (χ4n) is 5.30. The zero-order chi connectivity index (χ0) is 26.4. The van der Waals surface area contributed by atoms with Gasteiger partial charge in [-0.05, 0) is 39.7 Å². The zero-order valence-corrected chi connectivity index (χ0v) is 22.6. The van der Waals surface area contributed by atoms with Gasteiger partial charge in [-0.1, -0.05) is 132 Å². The summed E-state index contributed by atoms with van der Waals surface area (Å²) >= 11 is 0. The van der Waals surface area contributed by atoms with E-state index < -0.39 is 5.60 Å². The van der Waals surface area contributed by atoms with Crippen molar-refractivity contribution in [3.63, 3.8) is 0 Å². The summed E-state index contributed by atoms with van der Waals surface area (Å²) in [6.45, 7) is 12.5. The Morgan fingerprint density at radius 2 is 1.11 bits per heavy atom. The van der Waals surface area contributed by atoms with Crippen molar-refractivity contribution in [1.82, 2.24) is 0 Å². The normalized spacial score (nSPS) is 19.2. The molecule has 1 unspecified atom stereocenters. The van der Waals surface area contributed by atoms with Crippen LogP contribution in [0.2, 0.25) is 0 Å². The summed E-state index contributed by atoms with van der Waals surface area (Å²) in [5.41, 5.74) is 5.32. The van der Waals surface area contributed by atoms with E-state index >= 15 is 0 Å². The number of Topliss-reactive ketones (excluding diaryl/α,β-unsaturated/α-hetero) is 1. The van der Waals surface area contributed by atoms with Crippen LogP contribution in [0.4, 0.5) is 0 Å². The first-order valence-corrected chi connectivity index (χ1v) is 13.0. The number of rotatable bonds is 3. The fraction of sp³-hybridized carbons (Fsp3) is 0.294. The number of hydrogen-bond donors (Lipinski definition) is 0. The Hall–Kier alpha value is -3.72. The second kappa shape index (κ2) is 8.99. The molecule has 3 nitrogen and oxygen atoms in total. The molecule has 3 aromatic rings. The molecule has 1 atom stereocenters. The molecule has 0 radical (unpaired) electrons. The molecule has 0 bridgehead atoms. The van der Waals surface area contributed by atoms with Gasteiger partial charge in [0.2, 0.25) is 0 Å². The Morgan fingerprint density at radius 1 is 0.649 bits per heavy atom. The number of allylic oxidation sites excluding steroid dienone is 2. The summed E-state index contributed by atoms with van der Waals surface area (Å²) in [5, 5.41) is 4.72. The number of ketones is 1. The minimum Gasteiger partial charge on any atom is -0.379 e. The Kier molecular flexibility index (Phi) is 6.06. The highest BCUT2D eigenvalue weighted by atomic mass is 16.7. The monoisotopic (exact) mass is 489 g/mol. The third kappa shape index (κ3) is 4.59. The van der Waals surface area contributed by atoms with Crippen LogP contribution in [0, 0.1) is 10.8 Å². The van der Waals surface area contributed by atoms with Crippen molar-refractivity contribution in [3.05, 3.63) is 119 Å². The van der Waals surface area contributed by atoms with Crippen molar-refractivity contribution >= 4 is 11.5 Å². The predicted octanol–water partition coefficient (Wildman–Crippen LogP) is 8.14. The lowest BCUT2D eigenvalue weighted by Crippen LogP contribution is -2.41. The van der Waals surface area contributed by atoms with Crippen LogP contribution in [0.3, 0.4) is 0 Å². The summed E-state index contributed by atoms with van der Waals surface area (Å²) in [7, 11) is 0. The maximum Gasteiger partial charge on any atom is 0.187 e. The average Bonchev–Trinajstić information content (AvgIpc) is 3.23. The van der Waals surface area contributed by atoms with Gasteiger partial charge in [-0.15, -0.1) is 0 Å². The van der Waals surface area contributed by atoms with Crippen LogP contribution in [0.1, 0.15) is 58.6 Å². The van der Waals surface area contributed by atoms with Crippen molar-refractivity contribution in [2.45, 2.75) is 53.1 Å². The molecule has 1 aliphatic heterocycles. The molecule has 1 aliphatic carbocycles. The lowest BCUT2D eigenvalue weighted by atomic mass is 9.65. The number of carbonyl (C=O) groups is 1. The summed E-state index contributed by atoms with van der Waals surface area (Å²) in [5.74, 6) is -0.0965. The van der Waals surface area contributed by atoms with Crippen LogP contribution in [-0.4, -0.2) is 17.1 Å². The van der Waals surface area contributed by atoms with E-state index in [-0.39, 0.29) is 22.5 Å². The number of benzene rings is 3. The molecule has 3 heteroatoms. The molecule has 37 heavy (non-hydrogen) atoms. The van der Waals surface area contributed by atoms with Crippen molar-refractivity contribution in [2.75, 3.05) is 0 Å². The highest BCUT2D eigenvalue weighted by Crippen LogP contribution is 2.50. The molecule has 2 aliphatic rings. The first kappa shape index (κ1) is 25.0. The zero-order valence-electron chi connectivity index (χ0n) is 22.6. The average molecular weight is 490 g/mol. The minimum atomic E-state index is -0.881. The molecule has 0 N–H and O–H groups in total. The molecule has 0 saturated heterocycles. The Balaban J connectivity index is 1.66. The van der Waals surface area contributed by atoms with Crippen LogP contribution in [0.15, 0.2) is 113 Å². The SMILES string of the molecule is CC(C)(C)C1=CC2(C=C(C(C)(C)C)C1=O)ON=C(c1ccc(-c3ccccc3)cc1)C2c1ccccc1. The quantitative estimate of drug-likeness (QED) is 0.372. The van der Waals surface area contributed by atoms with E-state index in [1.807, 2.05) is 36.4 Å². The topological polar surface area (TPSA) is 38.7 Å². The van der Waals surface area contributed by atoms with E-state index in [1.165, 1.54) is 5.56 Å². The molecule has 1 spiro atoms. The van der Waals surface area contributed by atoms with E-state index in [2.05, 4.69) is 102 Å². The van der Waals surface area contributed by atoms with Crippen molar-refractivity contribution in [1.29, 1.82) is 0 Å². The summed E-state index contributed by atoms with van der Waals surface area (Å²) in [6, 6.07) is 29.2. The van der Waals surface area contributed by atoms with E-state index in [1.54, 1.807) is 0 Å². The maximum absolute atomic E-state index is 13.7. The molecular weight excluding hydrogens is 454 g/mol. The molecule has 0 aromatic heterocycles. The van der Waals surface area contributed by atoms with Crippen LogP contribution in [0.25, 0.3) is 11.1 Å². The van der Waals surface area contributed by atoms with Crippen LogP contribution >= 0.6 is 0 Å². The van der Waals surface area contributed by atoms with Gasteiger partial charge in [-0.3, -0.25) is 4.79 Å². The van der Waals surface area contributed by atoms with E-state index in [4.69, 9.17) is 9.99 Å². The van der Waals surface area contributed by atoms with Crippen LogP contribution in [0.5, 0.6) is 0 Å². The Morgan fingerprint density at radius 3 is 1.62 bits per heavy atom. The molecule has 1 heterocycles. The molecule has 0 amide bonds. The van der Waals surface area contributed by atoms with Gasteiger partial charge in [0, 0.05) is 16.7 Å². The van der Waals surface area contributed by atoms with Gasteiger partial charge >= 0.3 is 0 Å². The summed E-state index contributed by atoms with van der Waals surface area (Å²) in [4.78, 5) is 20.1. The number of hydrogen-bond acceptors (Lipinski definition) is 3. The number of oxime groups is 1. The minimum absolute atomic E-state index is 0.0988. The van der Waals surface area contributed by atoms with Gasteiger partial charge in [0.1, 0.15) is 0 Å². The molecule has 3 aromatic carbocycles. The van der Waals surface area contributed by atoms with Gasteiger partial charge in [-0.25, -0.2) is 0 Å². The molecule has 0 fully saturated rings. The highest BCUT2D eigenvalue weighted by molar-refractivity contribution is 6.13. The Bertz CT molecular complexity index is 1360. The first-order chi connectivity index (χ1) is 17.5. The second-order valence-electron chi connectivity index (χ2n) is 12.2. The van der Waals surface area contributed by atoms with E-state index in [9.17, 15) is 4.79 Å². The fourth-order valence-corrected chi connectivity index (χ4v) is 5.30. The Labute approximate surface area is 220 Å². The molecule has 0 saturated carbocycles. The van der Waals surface area contributed by atoms with Crippen molar-refractivity contribution < 1.29 is 9.63 Å². The van der Waals surface area contributed by atoms with Crippen molar-refractivity contribution in [3.8, 4) is 11.1 Å². The van der Waals surface area contributed by atoms with Gasteiger partial charge in [0.25, 0.3) is 0 Å². The lowest BCUT2D eigenvalue weighted by Gasteiger charge is -2.38. The predicted molar refractivity (Wildman–Crippen MR) is 151 cm³/mol. The lowest BCUT2D eigenvalue weighted by molar-refractivity contribution is -0.114. The largest absolute Gasteiger partial charge is 0.379 e. The van der Waals surface area contributed by atoms with Gasteiger partial charge in [0.15, 0.2) is 11.4 Å². The van der Waals surface area contributed by atoms with Crippen LogP contribution < -0.4 is 0 Å². The molecule has 188 valence electrons. The van der Waals surface area contributed by atoms with Gasteiger partial charge in [0.05, 0.1) is 11.6 Å². The third-order valence-corrected chi connectivity index (χ3v) is 7.29. The molecule has 5 rings (SSSR count). The maximum atomic E-state index is 13.7. The smallest absolute Gasteiger partial charge is 0.187 e.